The van der Waals surface area contributed by atoms with Crippen molar-refractivity contribution in [2.24, 2.45) is 0 Å². The lowest BCUT2D eigenvalue weighted by molar-refractivity contribution is 0.579. The fourth-order valence-electron chi connectivity index (χ4n) is 6.62. The Bertz CT molecular complexity index is 2300. The second kappa shape index (κ2) is 20.0. The van der Waals surface area contributed by atoms with E-state index in [1.165, 1.54) is 48.0 Å². The van der Waals surface area contributed by atoms with E-state index in [9.17, 15) is 22.0 Å². The van der Waals surface area contributed by atoms with E-state index in [-0.39, 0.29) is 34.1 Å². The molecular formula is C48H40F6N2. The summed E-state index contributed by atoms with van der Waals surface area (Å²) in [4.78, 5) is 0. The SMILES string of the molecule is C\C=C(/C=C(F)\C(=C\F)c1ccc(C#N)c(F)c1)c1ccc(CCCCCCCCCc2ccc(-c3cc(F)c(-c4ccc(C#N)c(F)c4)c(F)c3)cc2)cc1. The van der Waals surface area contributed by atoms with E-state index in [4.69, 9.17) is 10.5 Å². The molecule has 5 aromatic rings. The molecule has 0 atom stereocenters. The minimum absolute atomic E-state index is 0.00413. The lowest BCUT2D eigenvalue weighted by atomic mass is 9.97. The van der Waals surface area contributed by atoms with Crippen molar-refractivity contribution in [1.29, 1.82) is 10.5 Å². The third-order valence-electron chi connectivity index (χ3n) is 9.79. The van der Waals surface area contributed by atoms with Crippen LogP contribution in [0.1, 0.15) is 85.3 Å². The van der Waals surface area contributed by atoms with Gasteiger partial charge in [0.1, 0.15) is 41.2 Å². The van der Waals surface area contributed by atoms with Gasteiger partial charge in [-0.2, -0.15) is 10.5 Å². The molecule has 284 valence electrons. The molecule has 0 saturated heterocycles. The van der Waals surface area contributed by atoms with Crippen molar-refractivity contribution in [3.05, 3.63) is 178 Å². The molecule has 8 heteroatoms. The molecule has 0 fully saturated rings. The topological polar surface area (TPSA) is 47.6 Å². The molecule has 0 bridgehead atoms. The third-order valence-corrected chi connectivity index (χ3v) is 9.79. The highest BCUT2D eigenvalue weighted by Gasteiger charge is 2.17. The summed E-state index contributed by atoms with van der Waals surface area (Å²) < 4.78 is 86.9. The second-order valence-corrected chi connectivity index (χ2v) is 13.6. The Morgan fingerprint density at radius 1 is 0.554 bits per heavy atom. The van der Waals surface area contributed by atoms with Crippen LogP contribution in [-0.2, 0) is 12.8 Å². The smallest absolute Gasteiger partial charge is 0.141 e. The summed E-state index contributed by atoms with van der Waals surface area (Å²) in [6.45, 7) is 1.76. The van der Waals surface area contributed by atoms with Crippen molar-refractivity contribution < 1.29 is 26.3 Å². The third kappa shape index (κ3) is 10.5. The highest BCUT2D eigenvalue weighted by molar-refractivity contribution is 5.83. The van der Waals surface area contributed by atoms with Crippen LogP contribution in [0.3, 0.4) is 0 Å². The van der Waals surface area contributed by atoms with Crippen LogP contribution in [0.2, 0.25) is 0 Å². The molecule has 0 radical (unpaired) electrons. The van der Waals surface area contributed by atoms with Crippen molar-refractivity contribution in [2.75, 3.05) is 0 Å². The first-order chi connectivity index (χ1) is 27.1. The number of unbranched alkanes of at least 4 members (excludes halogenated alkanes) is 6. The van der Waals surface area contributed by atoms with Gasteiger partial charge < -0.3 is 0 Å². The van der Waals surface area contributed by atoms with Gasteiger partial charge in [0.25, 0.3) is 0 Å². The molecular weight excluding hydrogens is 719 g/mol. The Morgan fingerprint density at radius 2 is 1.02 bits per heavy atom. The van der Waals surface area contributed by atoms with Crippen LogP contribution in [0.5, 0.6) is 0 Å². The van der Waals surface area contributed by atoms with E-state index >= 15 is 4.39 Å². The van der Waals surface area contributed by atoms with Crippen molar-refractivity contribution in [2.45, 2.75) is 64.7 Å². The lowest BCUT2D eigenvalue weighted by Crippen LogP contribution is -1.94. The molecule has 0 aromatic heterocycles. The summed E-state index contributed by atoms with van der Waals surface area (Å²) in [6, 6.07) is 28.3. The average Bonchev–Trinajstić information content (AvgIpc) is 3.20. The zero-order valence-electron chi connectivity index (χ0n) is 31.0. The predicted molar refractivity (Wildman–Crippen MR) is 211 cm³/mol. The summed E-state index contributed by atoms with van der Waals surface area (Å²) in [5.41, 5.74) is 3.58. The first kappa shape index (κ1) is 41.1. The van der Waals surface area contributed by atoms with Crippen LogP contribution in [0.15, 0.2) is 121 Å². The Morgan fingerprint density at radius 3 is 1.52 bits per heavy atom. The maximum Gasteiger partial charge on any atom is 0.141 e. The van der Waals surface area contributed by atoms with E-state index in [1.807, 2.05) is 48.5 Å². The Labute approximate surface area is 324 Å². The number of allylic oxidation sites excluding steroid dienone is 5. The Kier molecular flexibility index (Phi) is 14.7. The highest BCUT2D eigenvalue weighted by atomic mass is 19.2. The zero-order chi connectivity index (χ0) is 40.0. The maximum atomic E-state index is 15.1. The quantitative estimate of drug-likeness (QED) is 0.0571. The van der Waals surface area contributed by atoms with Crippen LogP contribution < -0.4 is 0 Å². The van der Waals surface area contributed by atoms with Gasteiger partial charge in [-0.3, -0.25) is 0 Å². The lowest BCUT2D eigenvalue weighted by Gasteiger charge is -2.10. The minimum Gasteiger partial charge on any atom is -0.215 e. The van der Waals surface area contributed by atoms with Gasteiger partial charge in [-0.1, -0.05) is 98.8 Å². The summed E-state index contributed by atoms with van der Waals surface area (Å²) in [7, 11) is 0. The Balaban J connectivity index is 1.01. The Hall–Kier alpha value is -6.12. The molecule has 0 spiro atoms. The largest absolute Gasteiger partial charge is 0.215 e. The first-order valence-corrected chi connectivity index (χ1v) is 18.6. The fourth-order valence-corrected chi connectivity index (χ4v) is 6.62. The summed E-state index contributed by atoms with van der Waals surface area (Å²) >= 11 is 0. The number of nitriles is 2. The predicted octanol–water partition coefficient (Wildman–Crippen LogP) is 14.1. The number of hydrogen-bond acceptors (Lipinski definition) is 2. The number of hydrogen-bond donors (Lipinski definition) is 0. The van der Waals surface area contributed by atoms with Gasteiger partial charge in [0.05, 0.1) is 23.0 Å². The van der Waals surface area contributed by atoms with Gasteiger partial charge in [-0.05, 0) is 120 Å². The average molecular weight is 759 g/mol. The molecule has 5 rings (SSSR count). The standard InChI is InChI=1S/C48H40F6N2/c1-2-34(24-45(52)42(29-49)37-20-22-39(30-55)43(50)25-37)35-16-12-32(13-17-35)10-8-6-4-3-5-7-9-11-33-14-18-36(19-15-33)41-27-46(53)48(47(54)28-41)38-21-23-40(31-56)44(51)26-38/h2,12-29H,3-11H2,1H3/b34-2+,42-29+,45-24+. The van der Waals surface area contributed by atoms with E-state index < -0.39 is 34.7 Å². The molecule has 0 N–H and O–H groups in total. The molecule has 0 heterocycles. The molecule has 0 unspecified atom stereocenters. The van der Waals surface area contributed by atoms with Gasteiger partial charge in [0, 0.05) is 5.57 Å². The van der Waals surface area contributed by atoms with Crippen LogP contribution in [0, 0.1) is 45.9 Å². The van der Waals surface area contributed by atoms with E-state index in [0.29, 0.717) is 16.7 Å². The second-order valence-electron chi connectivity index (χ2n) is 13.6. The monoisotopic (exact) mass is 758 g/mol. The van der Waals surface area contributed by atoms with E-state index in [0.717, 1.165) is 81.0 Å². The molecule has 0 amide bonds. The van der Waals surface area contributed by atoms with Gasteiger partial charge in [-0.15, -0.1) is 0 Å². The molecule has 0 aliphatic carbocycles. The van der Waals surface area contributed by atoms with Crippen LogP contribution in [0.4, 0.5) is 26.3 Å². The molecule has 5 aromatic carbocycles. The zero-order valence-corrected chi connectivity index (χ0v) is 31.0. The van der Waals surface area contributed by atoms with Crippen molar-refractivity contribution in [3.8, 4) is 34.4 Å². The van der Waals surface area contributed by atoms with Gasteiger partial charge in [0.2, 0.25) is 0 Å². The van der Waals surface area contributed by atoms with Gasteiger partial charge in [-0.25, -0.2) is 26.3 Å². The van der Waals surface area contributed by atoms with Crippen molar-refractivity contribution in [3.63, 3.8) is 0 Å². The summed E-state index contributed by atoms with van der Waals surface area (Å²) in [5.74, 6) is -4.15. The fraction of sp³-hybridized carbons (Fsp3) is 0.208. The summed E-state index contributed by atoms with van der Waals surface area (Å²) in [5, 5.41) is 17.9. The maximum absolute atomic E-state index is 15.1. The van der Waals surface area contributed by atoms with Crippen LogP contribution >= 0.6 is 0 Å². The molecule has 2 nitrogen and oxygen atoms in total. The van der Waals surface area contributed by atoms with Crippen molar-refractivity contribution in [1.82, 2.24) is 0 Å². The highest BCUT2D eigenvalue weighted by Crippen LogP contribution is 2.33. The number of halogens is 6. The number of benzene rings is 5. The van der Waals surface area contributed by atoms with Crippen molar-refractivity contribution >= 4 is 11.1 Å². The molecule has 0 saturated carbocycles. The van der Waals surface area contributed by atoms with E-state index in [2.05, 4.69) is 0 Å². The molecule has 0 aliphatic rings. The minimum atomic E-state index is -0.858. The first-order valence-electron chi connectivity index (χ1n) is 18.6. The summed E-state index contributed by atoms with van der Waals surface area (Å²) in [6.07, 6.45) is 12.6. The van der Waals surface area contributed by atoms with Gasteiger partial charge in [0.15, 0.2) is 0 Å². The van der Waals surface area contributed by atoms with Crippen LogP contribution in [-0.4, -0.2) is 0 Å². The number of rotatable bonds is 16. The number of nitrogens with zero attached hydrogens (tertiary/aromatic N) is 2. The van der Waals surface area contributed by atoms with E-state index in [1.54, 1.807) is 25.1 Å². The van der Waals surface area contributed by atoms with Gasteiger partial charge >= 0.3 is 0 Å². The number of aryl methyl sites for hydroxylation is 2. The normalized spacial score (nSPS) is 12.1. The molecule has 0 aliphatic heterocycles. The van der Waals surface area contributed by atoms with Crippen LogP contribution in [0.25, 0.3) is 33.4 Å². The molecule has 56 heavy (non-hydrogen) atoms.